The predicted molar refractivity (Wildman–Crippen MR) is 67.9 cm³/mol. The van der Waals surface area contributed by atoms with Crippen LogP contribution < -0.4 is 0 Å². The largest absolute Gasteiger partial charge is 0.469 e. The Morgan fingerprint density at radius 3 is 2.68 bits per heavy atom. The second-order valence-electron chi connectivity index (χ2n) is 4.80. The number of carbonyl (C=O) groups is 2. The van der Waals surface area contributed by atoms with Gasteiger partial charge in [-0.1, -0.05) is 36.4 Å². The molecule has 0 N–H and O–H groups in total. The molecule has 4 heteroatoms. The third kappa shape index (κ3) is 1.93. The van der Waals surface area contributed by atoms with Crippen LogP contribution in [0.4, 0.5) is 0 Å². The molecule has 0 spiro atoms. The molecule has 0 aromatic heterocycles. The number of fused-ring (bicyclic) bond motifs is 2. The summed E-state index contributed by atoms with van der Waals surface area (Å²) in [6.07, 6.45) is 2.02. The van der Waals surface area contributed by atoms with Crippen LogP contribution in [-0.4, -0.2) is 25.2 Å². The van der Waals surface area contributed by atoms with Crippen molar-refractivity contribution in [1.29, 1.82) is 0 Å². The van der Waals surface area contributed by atoms with Crippen LogP contribution in [0, 0.1) is 11.8 Å². The van der Waals surface area contributed by atoms with Gasteiger partial charge in [0.1, 0.15) is 6.10 Å². The van der Waals surface area contributed by atoms with E-state index in [0.717, 1.165) is 11.1 Å². The average molecular weight is 258 g/mol. The fourth-order valence-corrected chi connectivity index (χ4v) is 2.79. The van der Waals surface area contributed by atoms with E-state index in [0.29, 0.717) is 6.42 Å². The highest BCUT2D eigenvalue weighted by molar-refractivity contribution is 5.91. The standard InChI is InChI=1S/C15H14O4/c1-18-14(16)12-8-13-10(7-11(12)15(17)19-13)9-5-3-2-4-6-9/h2-7,11-13H,8H2,1H3/t11-,12-,13-/m0/s1. The van der Waals surface area contributed by atoms with Gasteiger partial charge in [-0.15, -0.1) is 0 Å². The van der Waals surface area contributed by atoms with Crippen molar-refractivity contribution in [2.24, 2.45) is 11.8 Å². The summed E-state index contributed by atoms with van der Waals surface area (Å²) in [5.74, 6) is -1.60. The minimum absolute atomic E-state index is 0.327. The summed E-state index contributed by atoms with van der Waals surface area (Å²) in [5.41, 5.74) is 2.03. The summed E-state index contributed by atoms with van der Waals surface area (Å²) < 4.78 is 10.1. The molecule has 0 unspecified atom stereocenters. The number of hydrogen-bond acceptors (Lipinski definition) is 4. The van der Waals surface area contributed by atoms with Gasteiger partial charge in [-0.05, 0) is 11.1 Å². The molecule has 1 aromatic rings. The van der Waals surface area contributed by atoms with Crippen molar-refractivity contribution < 1.29 is 19.1 Å². The molecule has 1 aliphatic carbocycles. The minimum atomic E-state index is -0.521. The number of benzene rings is 1. The van der Waals surface area contributed by atoms with Crippen LogP contribution in [0.15, 0.2) is 36.4 Å². The van der Waals surface area contributed by atoms with Crippen LogP contribution in [-0.2, 0) is 19.1 Å². The van der Waals surface area contributed by atoms with Gasteiger partial charge in [-0.25, -0.2) is 0 Å². The van der Waals surface area contributed by atoms with E-state index in [4.69, 9.17) is 9.47 Å². The molecule has 0 amide bonds. The normalized spacial score (nSPS) is 28.6. The molecule has 2 bridgehead atoms. The lowest BCUT2D eigenvalue weighted by Gasteiger charge is -2.38. The Morgan fingerprint density at radius 1 is 1.32 bits per heavy atom. The number of rotatable bonds is 2. The SMILES string of the molecule is COC(=O)[C@H]1C[C@@H]2OC(=O)[C@H]1C=C2c1ccccc1. The molecule has 19 heavy (non-hydrogen) atoms. The predicted octanol–water partition coefficient (Wildman–Crippen LogP) is 1.80. The fraction of sp³-hybridized carbons (Fsp3) is 0.333. The average Bonchev–Trinajstić information content (AvgIpc) is 2.47. The molecular formula is C15H14O4. The Balaban J connectivity index is 1.97. The molecule has 4 nitrogen and oxygen atoms in total. The van der Waals surface area contributed by atoms with Crippen molar-refractivity contribution in [2.45, 2.75) is 12.5 Å². The van der Waals surface area contributed by atoms with Gasteiger partial charge in [-0.2, -0.15) is 0 Å². The first kappa shape index (κ1) is 12.0. The lowest BCUT2D eigenvalue weighted by Crippen LogP contribution is -2.45. The molecule has 1 saturated heterocycles. The van der Waals surface area contributed by atoms with E-state index >= 15 is 0 Å². The Bertz CT molecular complexity index is 547. The van der Waals surface area contributed by atoms with Crippen LogP contribution in [0.25, 0.3) is 5.57 Å². The molecule has 4 rings (SSSR count). The Labute approximate surface area is 111 Å². The Morgan fingerprint density at radius 2 is 2.05 bits per heavy atom. The number of methoxy groups -OCH3 is 1. The van der Waals surface area contributed by atoms with Crippen LogP contribution in [0.3, 0.4) is 0 Å². The van der Waals surface area contributed by atoms with Crippen molar-refractivity contribution in [3.63, 3.8) is 0 Å². The topological polar surface area (TPSA) is 52.6 Å². The van der Waals surface area contributed by atoms with E-state index < -0.39 is 11.8 Å². The lowest BCUT2D eigenvalue weighted by atomic mass is 9.75. The van der Waals surface area contributed by atoms with Crippen LogP contribution in [0.1, 0.15) is 12.0 Å². The van der Waals surface area contributed by atoms with Crippen LogP contribution >= 0.6 is 0 Å². The third-order valence-corrected chi connectivity index (χ3v) is 3.75. The zero-order valence-corrected chi connectivity index (χ0v) is 10.5. The summed E-state index contributed by atoms with van der Waals surface area (Å²) in [7, 11) is 1.35. The summed E-state index contributed by atoms with van der Waals surface area (Å²) in [6, 6.07) is 9.78. The minimum Gasteiger partial charge on any atom is -0.469 e. The first-order chi connectivity index (χ1) is 9.20. The molecule has 3 aliphatic rings. The van der Waals surface area contributed by atoms with Gasteiger partial charge in [0.2, 0.25) is 0 Å². The van der Waals surface area contributed by atoms with Gasteiger partial charge in [0.15, 0.2) is 0 Å². The van der Waals surface area contributed by atoms with Crippen molar-refractivity contribution in [3.05, 3.63) is 42.0 Å². The molecule has 3 atom stereocenters. The second-order valence-corrected chi connectivity index (χ2v) is 4.80. The quantitative estimate of drug-likeness (QED) is 0.759. The molecule has 2 aliphatic heterocycles. The zero-order valence-electron chi connectivity index (χ0n) is 10.5. The fourth-order valence-electron chi connectivity index (χ4n) is 2.79. The van der Waals surface area contributed by atoms with E-state index in [2.05, 4.69) is 0 Å². The monoisotopic (exact) mass is 258 g/mol. The maximum Gasteiger partial charge on any atom is 0.314 e. The van der Waals surface area contributed by atoms with Gasteiger partial charge in [0.05, 0.1) is 18.9 Å². The van der Waals surface area contributed by atoms with E-state index in [1.165, 1.54) is 7.11 Å². The van der Waals surface area contributed by atoms with Gasteiger partial charge in [0.25, 0.3) is 0 Å². The zero-order chi connectivity index (χ0) is 13.4. The molecule has 2 heterocycles. The highest BCUT2D eigenvalue weighted by Gasteiger charge is 2.47. The Kier molecular flexibility index (Phi) is 2.85. The molecule has 98 valence electrons. The highest BCUT2D eigenvalue weighted by Crippen LogP contribution is 2.41. The summed E-state index contributed by atoms with van der Waals surface area (Å²) in [4.78, 5) is 23.5. The van der Waals surface area contributed by atoms with E-state index in [1.807, 2.05) is 36.4 Å². The van der Waals surface area contributed by atoms with E-state index in [-0.39, 0.29) is 18.0 Å². The van der Waals surface area contributed by atoms with E-state index in [1.54, 1.807) is 0 Å². The second kappa shape index (κ2) is 4.53. The van der Waals surface area contributed by atoms with Crippen molar-refractivity contribution >= 4 is 17.5 Å². The third-order valence-electron chi connectivity index (χ3n) is 3.75. The van der Waals surface area contributed by atoms with Crippen LogP contribution in [0.5, 0.6) is 0 Å². The number of carbonyl (C=O) groups excluding carboxylic acids is 2. The smallest absolute Gasteiger partial charge is 0.314 e. The molecule has 0 saturated carbocycles. The summed E-state index contributed by atoms with van der Waals surface area (Å²) >= 11 is 0. The first-order valence-corrected chi connectivity index (χ1v) is 6.26. The number of esters is 2. The maximum absolute atomic E-state index is 11.8. The molecule has 1 aromatic carbocycles. The summed E-state index contributed by atoms with van der Waals surface area (Å²) in [6.45, 7) is 0. The van der Waals surface area contributed by atoms with Crippen molar-refractivity contribution in [1.82, 2.24) is 0 Å². The number of ether oxygens (including phenoxy) is 2. The van der Waals surface area contributed by atoms with Gasteiger partial charge < -0.3 is 9.47 Å². The first-order valence-electron chi connectivity index (χ1n) is 6.26. The van der Waals surface area contributed by atoms with E-state index in [9.17, 15) is 9.59 Å². The van der Waals surface area contributed by atoms with Gasteiger partial charge >= 0.3 is 11.9 Å². The van der Waals surface area contributed by atoms with Gasteiger partial charge in [0, 0.05) is 6.42 Å². The molecule has 0 radical (unpaired) electrons. The number of hydrogen-bond donors (Lipinski definition) is 0. The highest BCUT2D eigenvalue weighted by atomic mass is 16.6. The summed E-state index contributed by atoms with van der Waals surface area (Å²) in [5, 5.41) is 0. The molecule has 1 fully saturated rings. The molecular weight excluding hydrogens is 244 g/mol. The maximum atomic E-state index is 11.8. The van der Waals surface area contributed by atoms with Gasteiger partial charge in [-0.3, -0.25) is 9.59 Å². The van der Waals surface area contributed by atoms with Crippen molar-refractivity contribution in [3.8, 4) is 0 Å². The van der Waals surface area contributed by atoms with Crippen LogP contribution in [0.2, 0.25) is 0 Å². The van der Waals surface area contributed by atoms with Crippen molar-refractivity contribution in [2.75, 3.05) is 7.11 Å². The Hall–Kier alpha value is -2.10. The lowest BCUT2D eigenvalue weighted by molar-refractivity contribution is -0.169.